The summed E-state index contributed by atoms with van der Waals surface area (Å²) in [7, 11) is 0. The van der Waals surface area contributed by atoms with Crippen LogP contribution in [0.3, 0.4) is 0 Å². The number of rotatable bonds is 8. The van der Waals surface area contributed by atoms with Crippen LogP contribution in [-0.4, -0.2) is 53.1 Å². The van der Waals surface area contributed by atoms with Gasteiger partial charge >= 0.3 is 0 Å². The van der Waals surface area contributed by atoms with Gasteiger partial charge in [-0.3, -0.25) is 9.59 Å². The summed E-state index contributed by atoms with van der Waals surface area (Å²) < 4.78 is 6.90. The van der Waals surface area contributed by atoms with Gasteiger partial charge in [-0.2, -0.15) is 5.10 Å². The summed E-state index contributed by atoms with van der Waals surface area (Å²) >= 11 is 6.41. The molecule has 2 aromatic heterocycles. The van der Waals surface area contributed by atoms with Crippen LogP contribution in [0.5, 0.6) is 0 Å². The van der Waals surface area contributed by atoms with Gasteiger partial charge in [0.1, 0.15) is 5.82 Å². The Morgan fingerprint density at radius 2 is 1.92 bits per heavy atom. The van der Waals surface area contributed by atoms with E-state index in [4.69, 9.17) is 16.3 Å². The predicted octanol–water partition coefficient (Wildman–Crippen LogP) is 4.94. The molecule has 0 aliphatic carbocycles. The Labute approximate surface area is 224 Å². The molecule has 3 heterocycles. The van der Waals surface area contributed by atoms with Gasteiger partial charge in [0.25, 0.3) is 11.8 Å². The molecule has 9 nitrogen and oxygen atoms in total. The molecule has 1 saturated heterocycles. The second kappa shape index (κ2) is 11.4. The molecule has 1 aliphatic rings. The van der Waals surface area contributed by atoms with Crippen molar-refractivity contribution in [3.63, 3.8) is 0 Å². The molecule has 1 fully saturated rings. The van der Waals surface area contributed by atoms with Crippen LogP contribution in [0.15, 0.2) is 77.8 Å². The lowest BCUT2D eigenvalue weighted by Gasteiger charge is -2.11. The summed E-state index contributed by atoms with van der Waals surface area (Å²) in [5.41, 5.74) is 2.43. The number of pyridine rings is 1. The fraction of sp³-hybridized carbons (Fsp3) is 0.179. The van der Waals surface area contributed by atoms with Gasteiger partial charge in [0.05, 0.1) is 28.6 Å². The Balaban J connectivity index is 1.42. The molecule has 1 atom stereocenters. The number of aromatic nitrogens is 3. The van der Waals surface area contributed by atoms with Crippen molar-refractivity contribution in [2.24, 2.45) is 10.9 Å². The Morgan fingerprint density at radius 1 is 1.08 bits per heavy atom. The fourth-order valence-corrected chi connectivity index (χ4v) is 4.34. The van der Waals surface area contributed by atoms with Gasteiger partial charge in [-0.1, -0.05) is 41.9 Å². The van der Waals surface area contributed by atoms with Crippen molar-refractivity contribution in [1.29, 1.82) is 0 Å². The Morgan fingerprint density at radius 3 is 2.68 bits per heavy atom. The minimum Gasteiger partial charge on any atom is -0.381 e. The lowest BCUT2D eigenvalue weighted by atomic mass is 10.1. The Hall–Kier alpha value is -4.34. The largest absolute Gasteiger partial charge is 0.381 e. The molecule has 0 spiro atoms. The fourth-order valence-electron chi connectivity index (χ4n) is 4.13. The quantitative estimate of drug-likeness (QED) is 0.315. The number of anilines is 1. The summed E-state index contributed by atoms with van der Waals surface area (Å²) in [6.45, 7) is 5.34. The molecule has 192 valence electrons. The van der Waals surface area contributed by atoms with Gasteiger partial charge in [0, 0.05) is 30.7 Å². The summed E-state index contributed by atoms with van der Waals surface area (Å²) in [6.07, 6.45) is 0.907. The maximum atomic E-state index is 13.4. The zero-order valence-corrected chi connectivity index (χ0v) is 21.2. The maximum Gasteiger partial charge on any atom is 0.271 e. The molecule has 2 amide bonds. The van der Waals surface area contributed by atoms with Crippen LogP contribution in [0.4, 0.5) is 11.6 Å². The first-order valence-electron chi connectivity index (χ1n) is 12.1. The molecule has 38 heavy (non-hydrogen) atoms. The number of nitrogens with one attached hydrogen (secondary N) is 2. The third kappa shape index (κ3) is 5.64. The minimum absolute atomic E-state index is 0.181. The number of nitrogens with zero attached hydrogens (tertiary/aromatic N) is 4. The molecule has 2 N–H and O–H groups in total. The zero-order valence-electron chi connectivity index (χ0n) is 20.4. The van der Waals surface area contributed by atoms with Gasteiger partial charge in [-0.05, 0) is 49.5 Å². The third-order valence-electron chi connectivity index (χ3n) is 6.16. The van der Waals surface area contributed by atoms with Gasteiger partial charge in [0.15, 0.2) is 11.5 Å². The van der Waals surface area contributed by atoms with Gasteiger partial charge in [-0.25, -0.2) is 14.7 Å². The van der Waals surface area contributed by atoms with Crippen LogP contribution < -0.4 is 10.6 Å². The standard InChI is InChI=1S/C28H25ClN6O3/c1-30-25-9-5-8-23(32-25)19-10-11-22(29)21(14-19)27(36)33-26-15-24(28(37)31-16-18-12-13-38-17-18)34-35(26)20-6-3-2-4-7-20/h2-11,14-15,18H,1,12-13,16-17H2,(H,31,37)(H,33,36). The number of hydrogen-bond donors (Lipinski definition) is 2. The van der Waals surface area contributed by atoms with Crippen LogP contribution in [-0.2, 0) is 4.74 Å². The van der Waals surface area contributed by atoms with Crippen molar-refractivity contribution in [3.05, 3.63) is 89.1 Å². The lowest BCUT2D eigenvalue weighted by Crippen LogP contribution is -2.29. The highest BCUT2D eigenvalue weighted by atomic mass is 35.5. The first-order chi connectivity index (χ1) is 18.5. The molecule has 0 saturated carbocycles. The van der Waals surface area contributed by atoms with E-state index < -0.39 is 5.91 Å². The average molecular weight is 529 g/mol. The number of hydrogen-bond acceptors (Lipinski definition) is 6. The van der Waals surface area contributed by atoms with Crippen molar-refractivity contribution in [2.75, 3.05) is 25.1 Å². The molecule has 10 heteroatoms. The first kappa shape index (κ1) is 25.3. The van der Waals surface area contributed by atoms with E-state index >= 15 is 0 Å². The smallest absolute Gasteiger partial charge is 0.271 e. The third-order valence-corrected chi connectivity index (χ3v) is 6.49. The van der Waals surface area contributed by atoms with E-state index in [1.54, 1.807) is 30.3 Å². The van der Waals surface area contributed by atoms with Crippen molar-refractivity contribution < 1.29 is 14.3 Å². The number of benzene rings is 2. The molecule has 0 radical (unpaired) electrons. The molecule has 1 unspecified atom stereocenters. The summed E-state index contributed by atoms with van der Waals surface area (Å²) in [4.78, 5) is 34.6. The molecule has 1 aliphatic heterocycles. The summed E-state index contributed by atoms with van der Waals surface area (Å²) in [6, 6.07) is 21.2. The normalized spacial score (nSPS) is 14.7. The van der Waals surface area contributed by atoms with Crippen molar-refractivity contribution in [2.45, 2.75) is 6.42 Å². The van der Waals surface area contributed by atoms with E-state index in [1.807, 2.05) is 42.5 Å². The van der Waals surface area contributed by atoms with Crippen LogP contribution in [0.2, 0.25) is 5.02 Å². The summed E-state index contributed by atoms with van der Waals surface area (Å²) in [5.74, 6) is 0.293. The number of amides is 2. The Bertz CT molecular complexity index is 1480. The predicted molar refractivity (Wildman–Crippen MR) is 147 cm³/mol. The highest BCUT2D eigenvalue weighted by Crippen LogP contribution is 2.27. The van der Waals surface area contributed by atoms with Gasteiger partial charge in [-0.15, -0.1) is 0 Å². The van der Waals surface area contributed by atoms with Crippen LogP contribution >= 0.6 is 11.6 Å². The van der Waals surface area contributed by atoms with Crippen LogP contribution in [0.1, 0.15) is 27.3 Å². The van der Waals surface area contributed by atoms with Gasteiger partial charge < -0.3 is 15.4 Å². The highest BCUT2D eigenvalue weighted by Gasteiger charge is 2.21. The first-order valence-corrected chi connectivity index (χ1v) is 12.5. The topological polar surface area (TPSA) is 111 Å². The number of carbonyl (C=O) groups is 2. The summed E-state index contributed by atoms with van der Waals surface area (Å²) in [5, 5.41) is 10.5. The minimum atomic E-state index is -0.456. The second-order valence-corrected chi connectivity index (χ2v) is 9.20. The second-order valence-electron chi connectivity index (χ2n) is 8.79. The Kier molecular flexibility index (Phi) is 7.57. The zero-order chi connectivity index (χ0) is 26.5. The number of ether oxygens (including phenoxy) is 1. The number of aliphatic imine (C=N–C) groups is 1. The molecular formula is C28H25ClN6O3. The van der Waals surface area contributed by atoms with E-state index in [2.05, 4.69) is 32.4 Å². The van der Waals surface area contributed by atoms with Crippen molar-refractivity contribution in [1.82, 2.24) is 20.1 Å². The highest BCUT2D eigenvalue weighted by molar-refractivity contribution is 6.34. The van der Waals surface area contributed by atoms with Crippen LogP contribution in [0, 0.1) is 5.92 Å². The molecule has 5 rings (SSSR count). The van der Waals surface area contributed by atoms with E-state index in [1.165, 1.54) is 4.68 Å². The number of para-hydroxylation sites is 1. The van der Waals surface area contributed by atoms with E-state index in [0.717, 1.165) is 6.42 Å². The van der Waals surface area contributed by atoms with E-state index in [0.29, 0.717) is 48.3 Å². The lowest BCUT2D eigenvalue weighted by molar-refractivity contribution is 0.0938. The average Bonchev–Trinajstić information content (AvgIpc) is 3.63. The van der Waals surface area contributed by atoms with Crippen molar-refractivity contribution >= 4 is 41.8 Å². The van der Waals surface area contributed by atoms with E-state index in [9.17, 15) is 9.59 Å². The monoisotopic (exact) mass is 528 g/mol. The molecule has 0 bridgehead atoms. The SMILES string of the molecule is C=Nc1cccc(-c2ccc(Cl)c(C(=O)Nc3cc(C(=O)NCC4CCOC4)nn3-c3ccccc3)c2)n1. The van der Waals surface area contributed by atoms with Crippen molar-refractivity contribution in [3.8, 4) is 16.9 Å². The molecular weight excluding hydrogens is 504 g/mol. The number of carbonyl (C=O) groups excluding carboxylic acids is 2. The molecule has 2 aromatic carbocycles. The molecule has 4 aromatic rings. The van der Waals surface area contributed by atoms with Crippen LogP contribution in [0.25, 0.3) is 16.9 Å². The van der Waals surface area contributed by atoms with E-state index in [-0.39, 0.29) is 28.1 Å². The maximum absolute atomic E-state index is 13.4. The van der Waals surface area contributed by atoms with Gasteiger partial charge in [0.2, 0.25) is 0 Å². The number of halogens is 1.